The molecule has 0 fully saturated rings. The largest absolute Gasteiger partial charge is 0.468 e. The van der Waals surface area contributed by atoms with Crippen molar-refractivity contribution in [2.75, 3.05) is 13.7 Å². The number of ether oxygens (including phenoxy) is 1. The minimum absolute atomic E-state index is 0.264. The third-order valence-electron chi connectivity index (χ3n) is 2.85. The zero-order valence-corrected chi connectivity index (χ0v) is 9.19. The number of carbonyl (C=O) groups is 1. The van der Waals surface area contributed by atoms with Crippen molar-refractivity contribution in [3.63, 3.8) is 0 Å². The number of hydrogen-bond acceptors (Lipinski definition) is 3. The van der Waals surface area contributed by atoms with Gasteiger partial charge in [0, 0.05) is 6.54 Å². The van der Waals surface area contributed by atoms with Gasteiger partial charge in [-0.05, 0) is 12.0 Å². The summed E-state index contributed by atoms with van der Waals surface area (Å²) in [6, 6.07) is 9.54. The van der Waals surface area contributed by atoms with Crippen molar-refractivity contribution >= 4 is 5.97 Å². The summed E-state index contributed by atoms with van der Waals surface area (Å²) in [5, 5.41) is 0. The van der Waals surface area contributed by atoms with Gasteiger partial charge in [-0.3, -0.25) is 4.79 Å². The molecule has 0 aliphatic carbocycles. The van der Waals surface area contributed by atoms with Crippen LogP contribution in [0.3, 0.4) is 0 Å². The lowest BCUT2D eigenvalue weighted by atomic mass is 9.78. The fourth-order valence-electron chi connectivity index (χ4n) is 1.76. The first-order valence-corrected chi connectivity index (χ1v) is 5.05. The summed E-state index contributed by atoms with van der Waals surface area (Å²) in [5.41, 5.74) is 5.95. The van der Waals surface area contributed by atoms with Crippen LogP contribution < -0.4 is 5.73 Å². The molecule has 0 amide bonds. The van der Waals surface area contributed by atoms with Gasteiger partial charge in [0.15, 0.2) is 0 Å². The molecule has 0 bridgehead atoms. The monoisotopic (exact) mass is 207 g/mol. The van der Waals surface area contributed by atoms with Gasteiger partial charge in [-0.25, -0.2) is 0 Å². The molecule has 0 spiro atoms. The summed E-state index contributed by atoms with van der Waals surface area (Å²) < 4.78 is 4.83. The van der Waals surface area contributed by atoms with Gasteiger partial charge < -0.3 is 10.5 Å². The van der Waals surface area contributed by atoms with Crippen LogP contribution in [-0.4, -0.2) is 19.6 Å². The molecular weight excluding hydrogens is 190 g/mol. The third kappa shape index (κ3) is 2.02. The molecule has 0 aromatic heterocycles. The maximum atomic E-state index is 11.8. The highest BCUT2D eigenvalue weighted by molar-refractivity contribution is 5.83. The van der Waals surface area contributed by atoms with Crippen LogP contribution in [0.15, 0.2) is 30.3 Å². The van der Waals surface area contributed by atoms with Gasteiger partial charge in [0.05, 0.1) is 7.11 Å². The minimum atomic E-state index is -0.698. The first-order chi connectivity index (χ1) is 7.21. The molecule has 1 aromatic rings. The Morgan fingerprint density at radius 3 is 2.40 bits per heavy atom. The van der Waals surface area contributed by atoms with E-state index in [2.05, 4.69) is 0 Å². The van der Waals surface area contributed by atoms with Gasteiger partial charge >= 0.3 is 5.97 Å². The Balaban J connectivity index is 3.17. The van der Waals surface area contributed by atoms with E-state index in [-0.39, 0.29) is 12.5 Å². The Hall–Kier alpha value is -1.35. The van der Waals surface area contributed by atoms with Gasteiger partial charge in [-0.15, -0.1) is 0 Å². The predicted octanol–water partition coefficient (Wildman–Crippen LogP) is 1.47. The Labute approximate surface area is 90.2 Å². The molecule has 0 saturated heterocycles. The molecule has 0 saturated carbocycles. The lowest BCUT2D eigenvalue weighted by Gasteiger charge is -2.28. The fraction of sp³-hybridized carbons (Fsp3) is 0.417. The second-order valence-electron chi connectivity index (χ2n) is 3.50. The summed E-state index contributed by atoms with van der Waals surface area (Å²) in [5.74, 6) is -0.265. The van der Waals surface area contributed by atoms with Crippen LogP contribution in [0.25, 0.3) is 0 Å². The number of carbonyl (C=O) groups excluding carboxylic acids is 1. The first kappa shape index (κ1) is 11.7. The van der Waals surface area contributed by atoms with E-state index in [1.54, 1.807) is 0 Å². The summed E-state index contributed by atoms with van der Waals surface area (Å²) in [7, 11) is 1.39. The van der Waals surface area contributed by atoms with Crippen molar-refractivity contribution in [3.8, 4) is 0 Å². The SMILES string of the molecule is CCC(CN)(C(=O)OC)c1ccccc1. The molecular formula is C12H17NO2. The molecule has 1 unspecified atom stereocenters. The predicted molar refractivity (Wildman–Crippen MR) is 59.5 cm³/mol. The van der Waals surface area contributed by atoms with E-state index >= 15 is 0 Å². The molecule has 1 rings (SSSR count). The van der Waals surface area contributed by atoms with Crippen LogP contribution in [0.2, 0.25) is 0 Å². The van der Waals surface area contributed by atoms with Crippen molar-refractivity contribution < 1.29 is 9.53 Å². The molecule has 0 aliphatic heterocycles. The normalized spacial score (nSPS) is 14.3. The van der Waals surface area contributed by atoms with E-state index in [0.29, 0.717) is 6.42 Å². The Morgan fingerprint density at radius 2 is 2.00 bits per heavy atom. The summed E-state index contributed by atoms with van der Waals surface area (Å²) in [6.45, 7) is 2.21. The third-order valence-corrected chi connectivity index (χ3v) is 2.85. The van der Waals surface area contributed by atoms with Crippen LogP contribution in [0.4, 0.5) is 0 Å². The van der Waals surface area contributed by atoms with E-state index in [9.17, 15) is 4.79 Å². The lowest BCUT2D eigenvalue weighted by molar-refractivity contribution is -0.147. The lowest BCUT2D eigenvalue weighted by Crippen LogP contribution is -2.43. The average Bonchev–Trinajstić information content (AvgIpc) is 2.32. The topological polar surface area (TPSA) is 52.3 Å². The minimum Gasteiger partial charge on any atom is -0.468 e. The van der Waals surface area contributed by atoms with Gasteiger partial charge in [0.25, 0.3) is 0 Å². The molecule has 3 heteroatoms. The quantitative estimate of drug-likeness (QED) is 0.760. The highest BCUT2D eigenvalue weighted by Gasteiger charge is 2.38. The summed E-state index contributed by atoms with van der Waals surface area (Å²) >= 11 is 0. The molecule has 3 nitrogen and oxygen atoms in total. The number of methoxy groups -OCH3 is 1. The van der Waals surface area contributed by atoms with Crippen LogP contribution in [0, 0.1) is 0 Å². The number of benzene rings is 1. The highest BCUT2D eigenvalue weighted by Crippen LogP contribution is 2.28. The average molecular weight is 207 g/mol. The molecule has 0 radical (unpaired) electrons. The number of esters is 1. The van der Waals surface area contributed by atoms with Gasteiger partial charge in [-0.2, -0.15) is 0 Å². The van der Waals surface area contributed by atoms with E-state index in [1.165, 1.54) is 7.11 Å². The summed E-state index contributed by atoms with van der Waals surface area (Å²) in [4.78, 5) is 11.8. The van der Waals surface area contributed by atoms with E-state index in [4.69, 9.17) is 10.5 Å². The zero-order valence-electron chi connectivity index (χ0n) is 9.19. The molecule has 0 aliphatic rings. The number of rotatable bonds is 4. The summed E-state index contributed by atoms with van der Waals surface area (Å²) in [6.07, 6.45) is 0.639. The van der Waals surface area contributed by atoms with E-state index in [1.807, 2.05) is 37.3 Å². The molecule has 2 N–H and O–H groups in total. The second kappa shape index (κ2) is 4.94. The molecule has 1 aromatic carbocycles. The van der Waals surface area contributed by atoms with Crippen LogP contribution in [0.5, 0.6) is 0 Å². The maximum absolute atomic E-state index is 11.8. The molecule has 15 heavy (non-hydrogen) atoms. The standard InChI is InChI=1S/C12H17NO2/c1-3-12(9-13,11(14)15-2)10-7-5-4-6-8-10/h4-8H,3,9,13H2,1-2H3. The van der Waals surface area contributed by atoms with Gasteiger partial charge in [0.1, 0.15) is 5.41 Å². The van der Waals surface area contributed by atoms with Gasteiger partial charge in [0.2, 0.25) is 0 Å². The molecule has 1 atom stereocenters. The van der Waals surface area contributed by atoms with Gasteiger partial charge in [-0.1, -0.05) is 37.3 Å². The van der Waals surface area contributed by atoms with Crippen molar-refractivity contribution in [3.05, 3.63) is 35.9 Å². The maximum Gasteiger partial charge on any atom is 0.317 e. The van der Waals surface area contributed by atoms with Crippen molar-refractivity contribution in [1.29, 1.82) is 0 Å². The van der Waals surface area contributed by atoms with Crippen LogP contribution in [-0.2, 0) is 14.9 Å². The molecule has 82 valence electrons. The second-order valence-corrected chi connectivity index (χ2v) is 3.50. The number of hydrogen-bond donors (Lipinski definition) is 1. The first-order valence-electron chi connectivity index (χ1n) is 5.05. The van der Waals surface area contributed by atoms with Crippen molar-refractivity contribution in [2.24, 2.45) is 5.73 Å². The van der Waals surface area contributed by atoms with E-state index in [0.717, 1.165) is 5.56 Å². The van der Waals surface area contributed by atoms with Crippen molar-refractivity contribution in [1.82, 2.24) is 0 Å². The van der Waals surface area contributed by atoms with Crippen molar-refractivity contribution in [2.45, 2.75) is 18.8 Å². The Morgan fingerprint density at radius 1 is 1.40 bits per heavy atom. The smallest absolute Gasteiger partial charge is 0.317 e. The fourth-order valence-corrected chi connectivity index (χ4v) is 1.76. The van der Waals surface area contributed by atoms with E-state index < -0.39 is 5.41 Å². The highest BCUT2D eigenvalue weighted by atomic mass is 16.5. The number of nitrogens with two attached hydrogens (primary N) is 1. The van der Waals surface area contributed by atoms with Crippen LogP contribution >= 0.6 is 0 Å². The van der Waals surface area contributed by atoms with Crippen LogP contribution in [0.1, 0.15) is 18.9 Å². The molecule has 0 heterocycles. The Bertz CT molecular complexity index is 318. The Kier molecular flexibility index (Phi) is 3.86. The zero-order chi connectivity index (χ0) is 11.3.